The maximum atomic E-state index is 14.3. The Morgan fingerprint density at radius 2 is 1.69 bits per heavy atom. The number of nitrogens with one attached hydrogen (secondary N) is 1. The van der Waals surface area contributed by atoms with E-state index in [4.69, 9.17) is 0 Å². The van der Waals surface area contributed by atoms with E-state index >= 15 is 0 Å². The highest BCUT2D eigenvalue weighted by atomic mass is 19.1. The van der Waals surface area contributed by atoms with E-state index in [0.717, 1.165) is 11.3 Å². The number of benzene rings is 2. The molecule has 1 heterocycles. The summed E-state index contributed by atoms with van der Waals surface area (Å²) in [6.45, 7) is 0.509. The molecule has 0 spiro atoms. The summed E-state index contributed by atoms with van der Waals surface area (Å²) in [7, 11) is 0. The third-order valence-corrected chi connectivity index (χ3v) is 4.30. The molecule has 0 fully saturated rings. The summed E-state index contributed by atoms with van der Waals surface area (Å²) in [6.07, 6.45) is 2.61. The zero-order valence-electron chi connectivity index (χ0n) is 14.4. The molecular weight excluding hydrogens is 327 g/mol. The van der Waals surface area contributed by atoms with Crippen LogP contribution in [0.4, 0.5) is 4.39 Å². The minimum absolute atomic E-state index is 0.0990. The summed E-state index contributed by atoms with van der Waals surface area (Å²) in [5.74, 6) is -0.701. The maximum absolute atomic E-state index is 14.3. The van der Waals surface area contributed by atoms with Crippen molar-refractivity contribution < 1.29 is 9.18 Å². The maximum Gasteiger partial charge on any atom is 0.220 e. The topological polar surface area (TPSA) is 42.0 Å². The number of hydrogen-bond donors (Lipinski definition) is 1. The van der Waals surface area contributed by atoms with Gasteiger partial charge in [-0.15, -0.1) is 0 Å². The lowest BCUT2D eigenvalue weighted by Crippen LogP contribution is -2.27. The van der Waals surface area contributed by atoms with Gasteiger partial charge in [-0.1, -0.05) is 54.6 Å². The third kappa shape index (κ3) is 4.76. The number of carbonyl (C=O) groups is 1. The van der Waals surface area contributed by atoms with Gasteiger partial charge in [0.1, 0.15) is 5.82 Å². The summed E-state index contributed by atoms with van der Waals surface area (Å²) in [4.78, 5) is 16.7. The van der Waals surface area contributed by atoms with Crippen molar-refractivity contribution >= 4 is 5.91 Å². The minimum atomic E-state index is -0.313. The van der Waals surface area contributed by atoms with E-state index in [0.29, 0.717) is 18.5 Å². The molecule has 3 aromatic rings. The third-order valence-electron chi connectivity index (χ3n) is 4.30. The number of pyridine rings is 1. The smallest absolute Gasteiger partial charge is 0.220 e. The molecule has 1 amide bonds. The van der Waals surface area contributed by atoms with Gasteiger partial charge >= 0.3 is 0 Å². The molecule has 0 saturated heterocycles. The van der Waals surface area contributed by atoms with Crippen LogP contribution in [0.5, 0.6) is 0 Å². The molecule has 0 saturated carbocycles. The Kier molecular flexibility index (Phi) is 6.09. The highest BCUT2D eigenvalue weighted by Crippen LogP contribution is 2.29. The van der Waals surface area contributed by atoms with Gasteiger partial charge in [-0.2, -0.15) is 0 Å². The van der Waals surface area contributed by atoms with Gasteiger partial charge in [0.15, 0.2) is 0 Å². The number of aromatic nitrogens is 1. The SMILES string of the molecule is O=C(CC(c1ccccc1)c1ccccc1F)NCCc1ccccn1. The molecule has 0 aliphatic heterocycles. The molecule has 132 valence electrons. The Hall–Kier alpha value is -3.01. The Balaban J connectivity index is 1.68. The largest absolute Gasteiger partial charge is 0.356 e. The number of carbonyl (C=O) groups excluding carboxylic acids is 1. The summed E-state index contributed by atoms with van der Waals surface area (Å²) in [6, 6.07) is 21.9. The van der Waals surface area contributed by atoms with Gasteiger partial charge in [-0.25, -0.2) is 4.39 Å². The molecule has 1 unspecified atom stereocenters. The minimum Gasteiger partial charge on any atom is -0.356 e. The first-order valence-electron chi connectivity index (χ1n) is 8.70. The molecule has 4 heteroatoms. The van der Waals surface area contributed by atoms with Crippen LogP contribution in [-0.2, 0) is 11.2 Å². The molecule has 2 aromatic carbocycles. The van der Waals surface area contributed by atoms with Crippen LogP contribution in [0.2, 0.25) is 0 Å². The molecule has 1 N–H and O–H groups in total. The average Bonchev–Trinajstić information content (AvgIpc) is 2.68. The predicted molar refractivity (Wildman–Crippen MR) is 100 cm³/mol. The summed E-state index contributed by atoms with van der Waals surface area (Å²) in [5, 5.41) is 2.92. The first-order valence-corrected chi connectivity index (χ1v) is 8.70. The van der Waals surface area contributed by atoms with E-state index < -0.39 is 0 Å². The van der Waals surface area contributed by atoms with Crippen LogP contribution in [0, 0.1) is 5.82 Å². The van der Waals surface area contributed by atoms with E-state index in [-0.39, 0.29) is 24.1 Å². The van der Waals surface area contributed by atoms with E-state index in [1.807, 2.05) is 48.5 Å². The van der Waals surface area contributed by atoms with E-state index in [1.54, 1.807) is 24.4 Å². The van der Waals surface area contributed by atoms with Gasteiger partial charge in [0.05, 0.1) is 0 Å². The average molecular weight is 348 g/mol. The second-order valence-electron chi connectivity index (χ2n) is 6.11. The van der Waals surface area contributed by atoms with Crippen LogP contribution >= 0.6 is 0 Å². The fourth-order valence-corrected chi connectivity index (χ4v) is 2.98. The van der Waals surface area contributed by atoms with Crippen molar-refractivity contribution in [2.24, 2.45) is 0 Å². The lowest BCUT2D eigenvalue weighted by molar-refractivity contribution is -0.121. The van der Waals surface area contributed by atoms with Crippen LogP contribution in [0.3, 0.4) is 0 Å². The Morgan fingerprint density at radius 1 is 0.962 bits per heavy atom. The van der Waals surface area contributed by atoms with Gasteiger partial charge in [0.25, 0.3) is 0 Å². The molecule has 26 heavy (non-hydrogen) atoms. The monoisotopic (exact) mass is 348 g/mol. The molecule has 1 atom stereocenters. The quantitative estimate of drug-likeness (QED) is 0.698. The molecule has 0 radical (unpaired) electrons. The van der Waals surface area contributed by atoms with E-state index in [2.05, 4.69) is 10.3 Å². The normalized spacial score (nSPS) is 11.7. The van der Waals surface area contributed by atoms with Gasteiger partial charge in [0, 0.05) is 37.2 Å². The molecule has 0 aliphatic rings. The first kappa shape index (κ1) is 17.8. The van der Waals surface area contributed by atoms with Crippen molar-refractivity contribution in [1.29, 1.82) is 0 Å². The number of rotatable bonds is 7. The van der Waals surface area contributed by atoms with Gasteiger partial charge < -0.3 is 5.32 Å². The molecule has 0 bridgehead atoms. The van der Waals surface area contributed by atoms with Crippen molar-refractivity contribution in [3.8, 4) is 0 Å². The molecule has 1 aromatic heterocycles. The van der Waals surface area contributed by atoms with Crippen LogP contribution < -0.4 is 5.32 Å². The van der Waals surface area contributed by atoms with Crippen molar-refractivity contribution in [2.75, 3.05) is 6.54 Å². The Morgan fingerprint density at radius 3 is 2.42 bits per heavy atom. The molecule has 3 rings (SSSR count). The number of hydrogen-bond acceptors (Lipinski definition) is 2. The Bertz CT molecular complexity index is 837. The van der Waals surface area contributed by atoms with Gasteiger partial charge in [0.2, 0.25) is 5.91 Å². The second-order valence-corrected chi connectivity index (χ2v) is 6.11. The summed E-state index contributed by atoms with van der Waals surface area (Å²) < 4.78 is 14.3. The standard InChI is InChI=1S/C22H21FN2O/c23-21-12-5-4-11-19(21)20(17-8-2-1-3-9-17)16-22(26)25-15-13-18-10-6-7-14-24-18/h1-12,14,20H,13,15-16H2,(H,25,26). The fraction of sp³-hybridized carbons (Fsp3) is 0.182. The molecular formula is C22H21FN2O. The number of halogens is 1. The van der Waals surface area contributed by atoms with Gasteiger partial charge in [-0.3, -0.25) is 9.78 Å². The van der Waals surface area contributed by atoms with Crippen molar-refractivity contribution in [1.82, 2.24) is 10.3 Å². The fourth-order valence-electron chi connectivity index (χ4n) is 2.98. The summed E-state index contributed by atoms with van der Waals surface area (Å²) in [5.41, 5.74) is 2.40. The number of nitrogens with zero attached hydrogens (tertiary/aromatic N) is 1. The van der Waals surface area contributed by atoms with Crippen LogP contribution in [-0.4, -0.2) is 17.4 Å². The van der Waals surface area contributed by atoms with Gasteiger partial charge in [-0.05, 0) is 29.3 Å². The van der Waals surface area contributed by atoms with Crippen molar-refractivity contribution in [2.45, 2.75) is 18.8 Å². The summed E-state index contributed by atoms with van der Waals surface area (Å²) >= 11 is 0. The van der Waals surface area contributed by atoms with E-state index in [9.17, 15) is 9.18 Å². The van der Waals surface area contributed by atoms with Crippen LogP contribution in [0.1, 0.15) is 29.2 Å². The zero-order chi connectivity index (χ0) is 18.2. The van der Waals surface area contributed by atoms with Crippen LogP contribution in [0.15, 0.2) is 79.0 Å². The van der Waals surface area contributed by atoms with Crippen molar-refractivity contribution in [3.63, 3.8) is 0 Å². The highest BCUT2D eigenvalue weighted by molar-refractivity contribution is 5.77. The molecule has 3 nitrogen and oxygen atoms in total. The van der Waals surface area contributed by atoms with E-state index in [1.165, 1.54) is 6.07 Å². The first-order chi connectivity index (χ1) is 12.7. The lowest BCUT2D eigenvalue weighted by atomic mass is 9.88. The number of amides is 1. The molecule has 0 aliphatic carbocycles. The second kappa shape index (κ2) is 8.90. The predicted octanol–water partition coefficient (Wildman–Crippen LogP) is 4.10. The highest BCUT2D eigenvalue weighted by Gasteiger charge is 2.20. The zero-order valence-corrected chi connectivity index (χ0v) is 14.4. The lowest BCUT2D eigenvalue weighted by Gasteiger charge is -2.18. The van der Waals surface area contributed by atoms with Crippen molar-refractivity contribution in [3.05, 3.63) is 102 Å². The van der Waals surface area contributed by atoms with Crippen LogP contribution in [0.25, 0.3) is 0 Å². The Labute approximate surface area is 152 Å².